The highest BCUT2D eigenvalue weighted by atomic mass is 16.4. The summed E-state index contributed by atoms with van der Waals surface area (Å²) in [7, 11) is 0. The van der Waals surface area contributed by atoms with Gasteiger partial charge < -0.3 is 26.2 Å². The zero-order valence-corrected chi connectivity index (χ0v) is 6.42. The van der Waals surface area contributed by atoms with Crippen molar-refractivity contribution in [1.82, 2.24) is 0 Å². The molecule has 3 atom stereocenters. The Bertz CT molecular complexity index is 151. The van der Waals surface area contributed by atoms with Crippen LogP contribution in [0.1, 0.15) is 0 Å². The molecule has 0 aromatic rings. The summed E-state index contributed by atoms with van der Waals surface area (Å²) in [5, 5.41) is 34.5. The molecule has 0 amide bonds. The third kappa shape index (κ3) is 2.84. The Labute approximate surface area is 69.2 Å². The Morgan fingerprint density at radius 1 is 1.25 bits per heavy atom. The lowest BCUT2D eigenvalue weighted by atomic mass is 10.0. The highest BCUT2D eigenvalue weighted by molar-refractivity contribution is 5.88. The monoisotopic (exact) mass is 179 g/mol. The van der Waals surface area contributed by atoms with Gasteiger partial charge in [0.15, 0.2) is 5.78 Å². The molecule has 0 aliphatic rings. The van der Waals surface area contributed by atoms with Gasteiger partial charge in [-0.15, -0.1) is 0 Å². The first-order chi connectivity index (χ1) is 5.54. The summed E-state index contributed by atoms with van der Waals surface area (Å²) in [6.07, 6.45) is -3.28. The summed E-state index contributed by atoms with van der Waals surface area (Å²) in [6.45, 7) is -1.33. The molecule has 12 heavy (non-hydrogen) atoms. The van der Waals surface area contributed by atoms with E-state index in [-0.39, 0.29) is 0 Å². The van der Waals surface area contributed by atoms with Gasteiger partial charge in [-0.2, -0.15) is 0 Å². The number of rotatable bonds is 5. The molecule has 0 heterocycles. The molecule has 0 aliphatic carbocycles. The minimum Gasteiger partial charge on any atom is -0.394 e. The molecule has 0 aromatic carbocycles. The molecule has 0 bridgehead atoms. The highest BCUT2D eigenvalue weighted by Crippen LogP contribution is 1.96. The van der Waals surface area contributed by atoms with Gasteiger partial charge >= 0.3 is 0 Å². The summed E-state index contributed by atoms with van der Waals surface area (Å²) < 4.78 is 0. The third-order valence-corrected chi connectivity index (χ3v) is 1.41. The number of aliphatic hydroxyl groups is 4. The maximum atomic E-state index is 10.9. The minimum absolute atomic E-state index is 0.603. The van der Waals surface area contributed by atoms with E-state index in [1.54, 1.807) is 0 Å². The van der Waals surface area contributed by atoms with Gasteiger partial charge in [0.1, 0.15) is 12.2 Å². The Morgan fingerprint density at radius 2 is 1.75 bits per heavy atom. The second kappa shape index (κ2) is 5.18. The first kappa shape index (κ1) is 11.5. The number of ketones is 1. The molecular weight excluding hydrogens is 166 g/mol. The van der Waals surface area contributed by atoms with Gasteiger partial charge in [-0.1, -0.05) is 0 Å². The van der Waals surface area contributed by atoms with Crippen molar-refractivity contribution >= 4 is 5.78 Å². The molecule has 0 spiro atoms. The standard InChI is InChI=1S/C6H13NO5/c7-3(1-8)5(11)6(12)4(10)2-9/h3-4,6,8-10,12H,1-2,7H2/t3-,4+,6-/m1/s1. The van der Waals surface area contributed by atoms with Gasteiger partial charge in [-0.25, -0.2) is 0 Å². The molecule has 0 aliphatic heterocycles. The first-order valence-electron chi connectivity index (χ1n) is 3.41. The van der Waals surface area contributed by atoms with Crippen molar-refractivity contribution in [2.24, 2.45) is 5.73 Å². The molecule has 6 N–H and O–H groups in total. The van der Waals surface area contributed by atoms with Crippen molar-refractivity contribution in [2.75, 3.05) is 13.2 Å². The van der Waals surface area contributed by atoms with Gasteiger partial charge in [0.05, 0.1) is 19.3 Å². The Kier molecular flexibility index (Phi) is 4.95. The van der Waals surface area contributed by atoms with Crippen LogP contribution in [0.15, 0.2) is 0 Å². The largest absolute Gasteiger partial charge is 0.394 e. The Morgan fingerprint density at radius 3 is 2.08 bits per heavy atom. The zero-order chi connectivity index (χ0) is 9.72. The average Bonchev–Trinajstić information content (AvgIpc) is 2.12. The Hall–Kier alpha value is -0.530. The van der Waals surface area contributed by atoms with Gasteiger partial charge in [0, 0.05) is 0 Å². The van der Waals surface area contributed by atoms with E-state index in [2.05, 4.69) is 0 Å². The number of carbonyl (C=O) groups is 1. The van der Waals surface area contributed by atoms with E-state index in [0.29, 0.717) is 0 Å². The lowest BCUT2D eigenvalue weighted by Crippen LogP contribution is -2.47. The van der Waals surface area contributed by atoms with E-state index in [4.69, 9.17) is 26.2 Å². The van der Waals surface area contributed by atoms with Gasteiger partial charge in [-0.3, -0.25) is 4.79 Å². The molecule has 0 unspecified atom stereocenters. The second-order valence-corrected chi connectivity index (χ2v) is 2.39. The van der Waals surface area contributed by atoms with Crippen LogP contribution in [0.2, 0.25) is 0 Å². The third-order valence-electron chi connectivity index (χ3n) is 1.41. The van der Waals surface area contributed by atoms with Crippen LogP contribution < -0.4 is 5.73 Å². The van der Waals surface area contributed by atoms with Crippen LogP contribution in [-0.2, 0) is 4.79 Å². The van der Waals surface area contributed by atoms with Crippen LogP contribution in [0.4, 0.5) is 0 Å². The normalized spacial score (nSPS) is 18.4. The maximum absolute atomic E-state index is 10.9. The predicted octanol–water partition coefficient (Wildman–Crippen LogP) is -3.41. The van der Waals surface area contributed by atoms with Crippen molar-refractivity contribution in [3.63, 3.8) is 0 Å². The molecule has 0 rings (SSSR count). The molecule has 6 heteroatoms. The smallest absolute Gasteiger partial charge is 0.182 e. The summed E-state index contributed by atoms with van der Waals surface area (Å²) in [5.74, 6) is -0.890. The molecule has 0 saturated carbocycles. The Balaban J connectivity index is 4.09. The van der Waals surface area contributed by atoms with Crippen molar-refractivity contribution in [1.29, 1.82) is 0 Å². The molecule has 0 aromatic heterocycles. The van der Waals surface area contributed by atoms with Crippen LogP contribution in [0.5, 0.6) is 0 Å². The van der Waals surface area contributed by atoms with Gasteiger partial charge in [0.25, 0.3) is 0 Å². The number of hydrogen-bond acceptors (Lipinski definition) is 6. The fourth-order valence-corrected chi connectivity index (χ4v) is 0.599. The van der Waals surface area contributed by atoms with Crippen LogP contribution >= 0.6 is 0 Å². The van der Waals surface area contributed by atoms with Crippen LogP contribution in [0.25, 0.3) is 0 Å². The SMILES string of the molecule is N[C@H](CO)C(=O)[C@H](O)[C@@H](O)CO. The number of hydrogen-bond donors (Lipinski definition) is 5. The van der Waals surface area contributed by atoms with Crippen molar-refractivity contribution in [3.05, 3.63) is 0 Å². The summed E-state index contributed by atoms with van der Waals surface area (Å²) in [6, 6.07) is -1.22. The number of Topliss-reactive ketones (excluding diaryl/α,β-unsaturated/α-hetero) is 1. The molecule has 6 nitrogen and oxygen atoms in total. The number of carbonyl (C=O) groups excluding carboxylic acids is 1. The van der Waals surface area contributed by atoms with E-state index in [9.17, 15) is 4.79 Å². The summed E-state index contributed by atoms with van der Waals surface area (Å²) in [4.78, 5) is 10.9. The zero-order valence-electron chi connectivity index (χ0n) is 6.42. The minimum atomic E-state index is -1.74. The molecule has 72 valence electrons. The van der Waals surface area contributed by atoms with E-state index >= 15 is 0 Å². The van der Waals surface area contributed by atoms with Crippen LogP contribution in [-0.4, -0.2) is 57.7 Å². The van der Waals surface area contributed by atoms with Crippen LogP contribution in [0, 0.1) is 0 Å². The fourth-order valence-electron chi connectivity index (χ4n) is 0.599. The quantitative estimate of drug-likeness (QED) is 0.299. The summed E-state index contributed by atoms with van der Waals surface area (Å²) >= 11 is 0. The lowest BCUT2D eigenvalue weighted by molar-refractivity contribution is -0.136. The van der Waals surface area contributed by atoms with Crippen molar-refractivity contribution in [2.45, 2.75) is 18.2 Å². The van der Waals surface area contributed by atoms with E-state index < -0.39 is 37.2 Å². The molecular formula is C6H13NO5. The fraction of sp³-hybridized carbons (Fsp3) is 0.833. The molecule has 0 saturated heterocycles. The number of nitrogens with two attached hydrogens (primary N) is 1. The second-order valence-electron chi connectivity index (χ2n) is 2.39. The van der Waals surface area contributed by atoms with E-state index in [1.807, 2.05) is 0 Å². The average molecular weight is 179 g/mol. The van der Waals surface area contributed by atoms with Crippen molar-refractivity contribution in [3.8, 4) is 0 Å². The molecule has 0 radical (unpaired) electrons. The molecule has 0 fully saturated rings. The summed E-state index contributed by atoms with van der Waals surface area (Å²) in [5.41, 5.74) is 5.06. The predicted molar refractivity (Wildman–Crippen MR) is 39.2 cm³/mol. The van der Waals surface area contributed by atoms with Gasteiger partial charge in [0.2, 0.25) is 0 Å². The first-order valence-corrected chi connectivity index (χ1v) is 3.41. The van der Waals surface area contributed by atoms with Crippen molar-refractivity contribution < 1.29 is 25.2 Å². The van der Waals surface area contributed by atoms with E-state index in [1.165, 1.54) is 0 Å². The van der Waals surface area contributed by atoms with E-state index in [0.717, 1.165) is 0 Å². The van der Waals surface area contributed by atoms with Gasteiger partial charge in [-0.05, 0) is 0 Å². The van der Waals surface area contributed by atoms with Crippen LogP contribution in [0.3, 0.4) is 0 Å². The highest BCUT2D eigenvalue weighted by Gasteiger charge is 2.27. The topological polar surface area (TPSA) is 124 Å². The maximum Gasteiger partial charge on any atom is 0.182 e. The number of aliphatic hydroxyl groups excluding tert-OH is 4. The lowest BCUT2D eigenvalue weighted by Gasteiger charge is -2.16.